The highest BCUT2D eigenvalue weighted by Gasteiger charge is 2.20. The number of hydrogen-bond acceptors (Lipinski definition) is 3. The molecule has 1 aliphatic rings. The minimum atomic E-state index is 0.489. The predicted octanol–water partition coefficient (Wildman–Crippen LogP) is 2.21. The van der Waals surface area contributed by atoms with Gasteiger partial charge in [0.25, 0.3) is 0 Å². The van der Waals surface area contributed by atoms with E-state index < -0.39 is 0 Å². The minimum absolute atomic E-state index is 0.489. The second kappa shape index (κ2) is 7.54. The van der Waals surface area contributed by atoms with Crippen LogP contribution in [-0.2, 0) is 11.3 Å². The summed E-state index contributed by atoms with van der Waals surface area (Å²) in [6.45, 7) is 5.14. The molecule has 1 aromatic heterocycles. The Morgan fingerprint density at radius 1 is 1.33 bits per heavy atom. The molecule has 0 unspecified atom stereocenters. The van der Waals surface area contributed by atoms with Crippen LogP contribution in [0, 0.1) is 0 Å². The number of hydrogen-bond donors (Lipinski definition) is 1. The third-order valence-electron chi connectivity index (χ3n) is 3.64. The van der Waals surface area contributed by atoms with E-state index in [4.69, 9.17) is 4.74 Å². The van der Waals surface area contributed by atoms with Gasteiger partial charge in [-0.15, -0.1) is 0 Å². The normalized spacial score (nSPS) is 24.3. The highest BCUT2D eigenvalue weighted by Crippen LogP contribution is 2.21. The van der Waals surface area contributed by atoms with Crippen molar-refractivity contribution in [1.82, 2.24) is 14.9 Å². The molecular weight excluding hydrogens is 226 g/mol. The van der Waals surface area contributed by atoms with E-state index in [9.17, 15) is 0 Å². The number of ether oxygens (including phenoxy) is 1. The highest BCUT2D eigenvalue weighted by molar-refractivity contribution is 4.77. The number of rotatable bonds is 7. The maximum Gasteiger partial charge on any atom is 0.0945 e. The van der Waals surface area contributed by atoms with Crippen molar-refractivity contribution < 1.29 is 4.74 Å². The summed E-state index contributed by atoms with van der Waals surface area (Å²) < 4.78 is 8.05. The van der Waals surface area contributed by atoms with E-state index in [0.29, 0.717) is 6.10 Å². The SMILES string of the molecule is CCNC1CCC(OCCCn2ccnc2)CC1. The molecule has 0 saturated heterocycles. The third kappa shape index (κ3) is 4.42. The van der Waals surface area contributed by atoms with Crippen molar-refractivity contribution >= 4 is 0 Å². The first-order valence-electron chi connectivity index (χ1n) is 7.19. The molecule has 1 aromatic rings. The topological polar surface area (TPSA) is 39.1 Å². The lowest BCUT2D eigenvalue weighted by Gasteiger charge is -2.29. The van der Waals surface area contributed by atoms with Crippen molar-refractivity contribution in [2.75, 3.05) is 13.2 Å². The monoisotopic (exact) mass is 251 g/mol. The van der Waals surface area contributed by atoms with Crippen LogP contribution in [0.4, 0.5) is 0 Å². The first-order chi connectivity index (χ1) is 8.88. The lowest BCUT2D eigenvalue weighted by Crippen LogP contribution is -2.35. The molecule has 1 heterocycles. The van der Waals surface area contributed by atoms with Gasteiger partial charge in [-0.05, 0) is 38.6 Å². The molecule has 1 fully saturated rings. The maximum atomic E-state index is 5.95. The van der Waals surface area contributed by atoms with Crippen molar-refractivity contribution in [3.8, 4) is 0 Å². The van der Waals surface area contributed by atoms with E-state index in [1.807, 2.05) is 18.7 Å². The number of aryl methyl sites for hydroxylation is 1. The van der Waals surface area contributed by atoms with Crippen LogP contribution in [0.25, 0.3) is 0 Å². The zero-order chi connectivity index (χ0) is 12.6. The van der Waals surface area contributed by atoms with Gasteiger partial charge in [-0.25, -0.2) is 4.98 Å². The Morgan fingerprint density at radius 2 is 2.17 bits per heavy atom. The van der Waals surface area contributed by atoms with Gasteiger partial charge < -0.3 is 14.6 Å². The molecule has 4 heteroatoms. The molecular formula is C14H25N3O. The number of aromatic nitrogens is 2. The van der Waals surface area contributed by atoms with E-state index in [2.05, 4.69) is 21.8 Å². The van der Waals surface area contributed by atoms with Gasteiger partial charge in [-0.2, -0.15) is 0 Å². The standard InChI is InChI=1S/C14H25N3O/c1-2-16-13-4-6-14(7-5-13)18-11-3-9-17-10-8-15-12-17/h8,10,12-14,16H,2-7,9,11H2,1H3. The van der Waals surface area contributed by atoms with Crippen molar-refractivity contribution in [2.45, 2.75) is 57.7 Å². The highest BCUT2D eigenvalue weighted by atomic mass is 16.5. The molecule has 4 nitrogen and oxygen atoms in total. The van der Waals surface area contributed by atoms with Crippen molar-refractivity contribution in [2.24, 2.45) is 0 Å². The molecule has 1 saturated carbocycles. The summed E-state index contributed by atoms with van der Waals surface area (Å²) in [7, 11) is 0. The lowest BCUT2D eigenvalue weighted by atomic mass is 9.93. The zero-order valence-corrected chi connectivity index (χ0v) is 11.3. The van der Waals surface area contributed by atoms with Gasteiger partial charge in [0.15, 0.2) is 0 Å². The van der Waals surface area contributed by atoms with E-state index >= 15 is 0 Å². The zero-order valence-electron chi connectivity index (χ0n) is 11.3. The van der Waals surface area contributed by atoms with Crippen LogP contribution < -0.4 is 5.32 Å². The summed E-state index contributed by atoms with van der Waals surface area (Å²) in [5.74, 6) is 0. The van der Waals surface area contributed by atoms with Crippen LogP contribution in [0.15, 0.2) is 18.7 Å². The summed E-state index contributed by atoms with van der Waals surface area (Å²) in [4.78, 5) is 4.03. The summed E-state index contributed by atoms with van der Waals surface area (Å²) in [5.41, 5.74) is 0. The van der Waals surface area contributed by atoms with Crippen LogP contribution in [-0.4, -0.2) is 34.8 Å². The molecule has 0 radical (unpaired) electrons. The average Bonchev–Trinajstić information content (AvgIpc) is 2.90. The molecule has 1 N–H and O–H groups in total. The molecule has 0 atom stereocenters. The number of imidazole rings is 1. The fourth-order valence-corrected chi connectivity index (χ4v) is 2.64. The fourth-order valence-electron chi connectivity index (χ4n) is 2.64. The molecule has 0 aromatic carbocycles. The predicted molar refractivity (Wildman–Crippen MR) is 72.5 cm³/mol. The second-order valence-corrected chi connectivity index (χ2v) is 5.06. The van der Waals surface area contributed by atoms with Gasteiger partial charge >= 0.3 is 0 Å². The van der Waals surface area contributed by atoms with E-state index in [1.165, 1.54) is 25.7 Å². The number of nitrogens with one attached hydrogen (secondary N) is 1. The van der Waals surface area contributed by atoms with Crippen LogP contribution in [0.1, 0.15) is 39.0 Å². The largest absolute Gasteiger partial charge is 0.378 e. The van der Waals surface area contributed by atoms with E-state index in [0.717, 1.165) is 32.2 Å². The first-order valence-corrected chi connectivity index (χ1v) is 7.19. The molecule has 102 valence electrons. The van der Waals surface area contributed by atoms with Crippen molar-refractivity contribution in [3.63, 3.8) is 0 Å². The Balaban J connectivity index is 1.53. The Hall–Kier alpha value is -0.870. The quantitative estimate of drug-likeness (QED) is 0.755. The summed E-state index contributed by atoms with van der Waals surface area (Å²) in [6, 6.07) is 0.723. The van der Waals surface area contributed by atoms with E-state index in [-0.39, 0.29) is 0 Å². The van der Waals surface area contributed by atoms with Gasteiger partial charge in [0.1, 0.15) is 0 Å². The molecule has 0 amide bonds. The Morgan fingerprint density at radius 3 is 2.83 bits per heavy atom. The Kier molecular flexibility index (Phi) is 5.68. The minimum Gasteiger partial charge on any atom is -0.378 e. The summed E-state index contributed by atoms with van der Waals surface area (Å²) in [6.07, 6.45) is 12.2. The summed E-state index contributed by atoms with van der Waals surface area (Å²) in [5, 5.41) is 3.52. The smallest absolute Gasteiger partial charge is 0.0945 e. The van der Waals surface area contributed by atoms with Gasteiger partial charge in [0.05, 0.1) is 12.4 Å². The molecule has 2 rings (SSSR count). The Bertz CT molecular complexity index is 305. The first kappa shape index (κ1) is 13.6. The molecule has 0 spiro atoms. The molecule has 18 heavy (non-hydrogen) atoms. The summed E-state index contributed by atoms with van der Waals surface area (Å²) >= 11 is 0. The van der Waals surface area contributed by atoms with Crippen LogP contribution in [0.2, 0.25) is 0 Å². The van der Waals surface area contributed by atoms with Gasteiger partial charge in [-0.3, -0.25) is 0 Å². The molecule has 1 aliphatic carbocycles. The number of nitrogens with zero attached hydrogens (tertiary/aromatic N) is 2. The van der Waals surface area contributed by atoms with E-state index in [1.54, 1.807) is 0 Å². The Labute approximate surface area is 110 Å². The van der Waals surface area contributed by atoms with Crippen LogP contribution >= 0.6 is 0 Å². The van der Waals surface area contributed by atoms with Crippen LogP contribution in [0.5, 0.6) is 0 Å². The second-order valence-electron chi connectivity index (χ2n) is 5.06. The molecule has 0 bridgehead atoms. The van der Waals surface area contributed by atoms with Gasteiger partial charge in [0.2, 0.25) is 0 Å². The fraction of sp³-hybridized carbons (Fsp3) is 0.786. The molecule has 0 aliphatic heterocycles. The maximum absolute atomic E-state index is 5.95. The van der Waals surface area contributed by atoms with Gasteiger partial charge in [0, 0.05) is 31.6 Å². The third-order valence-corrected chi connectivity index (χ3v) is 3.64. The average molecular weight is 251 g/mol. The van der Waals surface area contributed by atoms with Crippen LogP contribution in [0.3, 0.4) is 0 Å². The van der Waals surface area contributed by atoms with Crippen molar-refractivity contribution in [1.29, 1.82) is 0 Å². The van der Waals surface area contributed by atoms with Gasteiger partial charge in [-0.1, -0.05) is 6.92 Å². The lowest BCUT2D eigenvalue weighted by molar-refractivity contribution is 0.0200. The van der Waals surface area contributed by atoms with Crippen molar-refractivity contribution in [3.05, 3.63) is 18.7 Å².